The topological polar surface area (TPSA) is 61.4 Å². The van der Waals surface area contributed by atoms with Crippen LogP contribution in [0.25, 0.3) is 0 Å². The summed E-state index contributed by atoms with van der Waals surface area (Å²) in [5.41, 5.74) is 0. The van der Waals surface area contributed by atoms with E-state index in [1.165, 1.54) is 18.9 Å². The van der Waals surface area contributed by atoms with Crippen LogP contribution in [0.5, 0.6) is 0 Å². The smallest absolute Gasteiger partial charge is 0.355 e. The summed E-state index contributed by atoms with van der Waals surface area (Å²) in [6, 6.07) is -2.40. The van der Waals surface area contributed by atoms with Gasteiger partial charge in [0.05, 0.1) is 6.04 Å². The molecule has 1 fully saturated rings. The molecule has 1 rings (SSSR count). The largest absolute Gasteiger partial charge is 0.403 e. The second kappa shape index (κ2) is 6.23. The highest BCUT2D eigenvalue weighted by Crippen LogP contribution is 2.28. The molecule has 1 aliphatic heterocycles. The Labute approximate surface area is 109 Å². The van der Waals surface area contributed by atoms with Crippen molar-refractivity contribution < 1.29 is 22.8 Å². The van der Waals surface area contributed by atoms with Crippen LogP contribution in [0, 0.1) is 0 Å². The first-order chi connectivity index (χ1) is 8.71. The molecule has 1 aliphatic rings. The van der Waals surface area contributed by atoms with Gasteiger partial charge in [-0.05, 0) is 12.8 Å². The molecular formula is C11H18F3N3O2. The monoisotopic (exact) mass is 281 g/mol. The van der Waals surface area contributed by atoms with Crippen molar-refractivity contribution in [2.45, 2.75) is 38.0 Å². The predicted molar refractivity (Wildman–Crippen MR) is 62.3 cm³/mol. The fourth-order valence-electron chi connectivity index (χ4n) is 1.97. The van der Waals surface area contributed by atoms with Crippen LogP contribution in [-0.2, 0) is 9.59 Å². The number of halogens is 3. The zero-order valence-electron chi connectivity index (χ0n) is 10.9. The van der Waals surface area contributed by atoms with Crippen LogP contribution < -0.4 is 10.6 Å². The first-order valence-corrected chi connectivity index (χ1v) is 6.04. The van der Waals surface area contributed by atoms with Crippen molar-refractivity contribution in [3.05, 3.63) is 0 Å². The summed E-state index contributed by atoms with van der Waals surface area (Å²) in [7, 11) is 1.51. The highest BCUT2D eigenvalue weighted by molar-refractivity contribution is 5.82. The maximum Gasteiger partial charge on any atom is 0.403 e. The fourth-order valence-corrected chi connectivity index (χ4v) is 1.97. The summed E-state index contributed by atoms with van der Waals surface area (Å²) in [6.45, 7) is 1.91. The number of carbonyl (C=O) groups excluding carboxylic acids is 2. The van der Waals surface area contributed by atoms with Crippen LogP contribution in [-0.4, -0.2) is 55.1 Å². The van der Waals surface area contributed by atoms with Gasteiger partial charge in [-0.25, -0.2) is 0 Å². The molecule has 0 saturated carbocycles. The van der Waals surface area contributed by atoms with E-state index in [1.807, 2.05) is 0 Å². The van der Waals surface area contributed by atoms with Crippen LogP contribution in [0.15, 0.2) is 0 Å². The van der Waals surface area contributed by atoms with E-state index in [-0.39, 0.29) is 37.7 Å². The molecular weight excluding hydrogens is 263 g/mol. The summed E-state index contributed by atoms with van der Waals surface area (Å²) in [5, 5.41) is 4.83. The molecule has 2 amide bonds. The van der Waals surface area contributed by atoms with Gasteiger partial charge in [-0.3, -0.25) is 14.9 Å². The third-order valence-electron chi connectivity index (χ3n) is 3.04. The van der Waals surface area contributed by atoms with Crippen LogP contribution in [0.1, 0.15) is 19.8 Å². The van der Waals surface area contributed by atoms with Gasteiger partial charge in [-0.2, -0.15) is 13.2 Å². The van der Waals surface area contributed by atoms with E-state index in [0.29, 0.717) is 0 Å². The van der Waals surface area contributed by atoms with Crippen molar-refractivity contribution in [1.29, 1.82) is 0 Å². The van der Waals surface area contributed by atoms with Gasteiger partial charge >= 0.3 is 6.18 Å². The second-order valence-corrected chi connectivity index (χ2v) is 4.63. The second-order valence-electron chi connectivity index (χ2n) is 4.63. The summed E-state index contributed by atoms with van der Waals surface area (Å²) >= 11 is 0. The number of nitrogens with zero attached hydrogens (tertiary/aromatic N) is 1. The number of hydrogen-bond donors (Lipinski definition) is 2. The molecule has 0 aromatic heterocycles. The Balaban J connectivity index is 2.40. The predicted octanol–water partition coefficient (Wildman–Crippen LogP) is 0.264. The minimum Gasteiger partial charge on any atom is -0.355 e. The molecule has 0 aliphatic carbocycles. The highest BCUT2D eigenvalue weighted by Gasteiger charge is 2.45. The van der Waals surface area contributed by atoms with Gasteiger partial charge < -0.3 is 10.2 Å². The molecule has 19 heavy (non-hydrogen) atoms. The molecule has 8 heteroatoms. The van der Waals surface area contributed by atoms with E-state index >= 15 is 0 Å². The molecule has 2 atom stereocenters. The number of likely N-dealkylation sites (N-methyl/N-ethyl adjacent to an activating group) is 1. The van der Waals surface area contributed by atoms with Gasteiger partial charge in [0.1, 0.15) is 6.04 Å². The lowest BCUT2D eigenvalue weighted by atomic mass is 10.2. The molecule has 1 saturated heterocycles. The van der Waals surface area contributed by atoms with Gasteiger partial charge in [-0.15, -0.1) is 0 Å². The Morgan fingerprint density at radius 1 is 1.37 bits per heavy atom. The summed E-state index contributed by atoms with van der Waals surface area (Å²) in [5.74, 6) is -0.589. The molecule has 2 unspecified atom stereocenters. The molecule has 1 heterocycles. The molecule has 110 valence electrons. The Kier molecular flexibility index (Phi) is 5.16. The van der Waals surface area contributed by atoms with Crippen LogP contribution in [0.4, 0.5) is 13.2 Å². The fraction of sp³-hybridized carbons (Fsp3) is 0.818. The van der Waals surface area contributed by atoms with Gasteiger partial charge in [0, 0.05) is 27.1 Å². The SMILES string of the molecule is CC(=O)NCCN(C)C(=O)C1CCC(C(F)(F)F)N1. The van der Waals surface area contributed by atoms with Gasteiger partial charge in [-0.1, -0.05) is 0 Å². The Morgan fingerprint density at radius 2 is 2.00 bits per heavy atom. The number of carbonyl (C=O) groups is 2. The summed E-state index contributed by atoms with van der Waals surface area (Å²) in [4.78, 5) is 23.9. The van der Waals surface area contributed by atoms with Crippen molar-refractivity contribution in [2.24, 2.45) is 0 Å². The van der Waals surface area contributed by atoms with Crippen LogP contribution >= 0.6 is 0 Å². The van der Waals surface area contributed by atoms with Gasteiger partial charge in [0.15, 0.2) is 0 Å². The van der Waals surface area contributed by atoms with E-state index in [9.17, 15) is 22.8 Å². The van der Waals surface area contributed by atoms with E-state index < -0.39 is 18.3 Å². The van der Waals surface area contributed by atoms with Crippen molar-refractivity contribution in [2.75, 3.05) is 20.1 Å². The first-order valence-electron chi connectivity index (χ1n) is 6.04. The molecule has 0 spiro atoms. The number of hydrogen-bond acceptors (Lipinski definition) is 3. The van der Waals surface area contributed by atoms with E-state index in [2.05, 4.69) is 10.6 Å². The maximum absolute atomic E-state index is 12.5. The lowest BCUT2D eigenvalue weighted by Gasteiger charge is -2.22. The lowest BCUT2D eigenvalue weighted by molar-refractivity contribution is -0.153. The minimum atomic E-state index is -4.32. The molecule has 0 bridgehead atoms. The molecule has 0 aromatic carbocycles. The molecule has 2 N–H and O–H groups in total. The lowest BCUT2D eigenvalue weighted by Crippen LogP contribution is -2.48. The third-order valence-corrected chi connectivity index (χ3v) is 3.04. The number of rotatable bonds is 4. The quantitative estimate of drug-likeness (QED) is 0.777. The molecule has 0 radical (unpaired) electrons. The Morgan fingerprint density at radius 3 is 2.47 bits per heavy atom. The average Bonchev–Trinajstić information content (AvgIpc) is 2.76. The van der Waals surface area contributed by atoms with E-state index in [4.69, 9.17) is 0 Å². The average molecular weight is 281 g/mol. The van der Waals surface area contributed by atoms with Crippen molar-refractivity contribution in [3.8, 4) is 0 Å². The van der Waals surface area contributed by atoms with Crippen molar-refractivity contribution in [1.82, 2.24) is 15.5 Å². The van der Waals surface area contributed by atoms with Crippen LogP contribution in [0.3, 0.4) is 0 Å². The zero-order chi connectivity index (χ0) is 14.6. The first kappa shape index (κ1) is 15.7. The Bertz CT molecular complexity index is 347. The van der Waals surface area contributed by atoms with E-state index in [0.717, 1.165) is 0 Å². The molecule has 5 nitrogen and oxygen atoms in total. The minimum absolute atomic E-state index is 0.0839. The number of amides is 2. The van der Waals surface area contributed by atoms with Crippen LogP contribution in [0.2, 0.25) is 0 Å². The highest BCUT2D eigenvalue weighted by atomic mass is 19.4. The summed E-state index contributed by atoms with van der Waals surface area (Å²) < 4.78 is 37.4. The Hall–Kier alpha value is -1.31. The zero-order valence-corrected chi connectivity index (χ0v) is 10.9. The number of alkyl halides is 3. The number of nitrogens with one attached hydrogen (secondary N) is 2. The van der Waals surface area contributed by atoms with Gasteiger partial charge in [0.2, 0.25) is 11.8 Å². The molecule has 0 aromatic rings. The summed E-state index contributed by atoms with van der Waals surface area (Å²) in [6.07, 6.45) is -4.23. The standard InChI is InChI=1S/C11H18F3N3O2/c1-7(18)15-5-6-17(2)10(19)8-3-4-9(16-8)11(12,13)14/h8-9,16H,3-6H2,1-2H3,(H,15,18). The van der Waals surface area contributed by atoms with Crippen molar-refractivity contribution in [3.63, 3.8) is 0 Å². The van der Waals surface area contributed by atoms with Gasteiger partial charge in [0.25, 0.3) is 0 Å². The van der Waals surface area contributed by atoms with Crippen molar-refractivity contribution >= 4 is 11.8 Å². The maximum atomic E-state index is 12.5. The third kappa shape index (κ3) is 4.70. The van der Waals surface area contributed by atoms with E-state index in [1.54, 1.807) is 0 Å². The normalized spacial score (nSPS) is 23.2.